The van der Waals surface area contributed by atoms with Crippen molar-refractivity contribution in [3.63, 3.8) is 0 Å². The van der Waals surface area contributed by atoms with Crippen molar-refractivity contribution in [2.75, 3.05) is 63.9 Å². The van der Waals surface area contributed by atoms with Crippen LogP contribution >= 0.6 is 0 Å². The van der Waals surface area contributed by atoms with E-state index in [0.29, 0.717) is 58.1 Å². The maximum Gasteiger partial charge on any atom is 0.226 e. The van der Waals surface area contributed by atoms with Crippen LogP contribution in [0.2, 0.25) is 0 Å². The first-order valence-electron chi connectivity index (χ1n) is 35.3. The van der Waals surface area contributed by atoms with E-state index < -0.39 is 29.2 Å². The summed E-state index contributed by atoms with van der Waals surface area (Å²) in [5.74, 6) is -0.603. The molecule has 0 bridgehead atoms. The number of amides is 4. The Bertz CT molecular complexity index is 5630. The molecule has 8 aromatic carbocycles. The van der Waals surface area contributed by atoms with E-state index in [1.807, 2.05) is 82.3 Å². The van der Waals surface area contributed by atoms with Gasteiger partial charge in [-0.05, 0) is 164 Å². The van der Waals surface area contributed by atoms with E-state index in [4.69, 9.17) is 28.4 Å². The van der Waals surface area contributed by atoms with Gasteiger partial charge in [0.1, 0.15) is 52.0 Å². The number of aromatic nitrogens is 8. The summed E-state index contributed by atoms with van der Waals surface area (Å²) in [6, 6.07) is 36.1. The normalized spacial score (nSPS) is 15.8. The molecule has 29 heteroatoms. The molecular formula is C83H78F4N12O13. The standard InChI is InChI=1S/C22H23N3O4.C21H21N3O3.C20H17F2N3O4.C20H17F2N3O2/c1-12-6-5-7-17(13(12)2)25-22-16(11-23-25)15(10-20(26)24-22)14-8-18(28-3)21(27)19(9-14)29-4;1-12-5-4-6-17(13(12)2)24-21-16(11-22-24)15(10-20(26)23-21)14-7-8-19(27-3)18(25)9-14;1-28-16-5-10(6-17(29-2)19(16)27)12-8-18(26)24-20-13(12)9-23-25(20)15-4-3-11(21)7-14(15)22;1-11-7-12(3-6-18(11)27-2)14-9-19(26)24-20-15(14)10-23-25(20)17-5-4-13(21)8-16(17)22/h5-9,11,15,27H,10H2,1-4H3,(H,24,26);4-9,11,15,25H,10H2,1-3H3,(H,23,26);3-7,9,12,27H,8H2,1-2H3,(H,24,26);3-8,10,14H,9H2,1-2H3,(H,24,26). The maximum absolute atomic E-state index is 14.3. The van der Waals surface area contributed by atoms with Crippen LogP contribution in [0, 0.1) is 57.9 Å². The summed E-state index contributed by atoms with van der Waals surface area (Å²) in [6.07, 6.45) is 7.66. The molecule has 0 radical (unpaired) electrons. The summed E-state index contributed by atoms with van der Waals surface area (Å²) in [6.45, 7) is 10.1. The minimum atomic E-state index is -0.805. The van der Waals surface area contributed by atoms with Crippen LogP contribution in [0.3, 0.4) is 0 Å². The number of benzene rings is 8. The topological polar surface area (TPSA) is 304 Å². The van der Waals surface area contributed by atoms with Gasteiger partial charge in [0.05, 0.1) is 78.8 Å². The molecule has 4 unspecified atom stereocenters. The summed E-state index contributed by atoms with van der Waals surface area (Å²) in [7, 11) is 8.90. The number of carbonyl (C=O) groups excluding carboxylic acids is 4. The lowest BCUT2D eigenvalue weighted by atomic mass is 9.86. The molecule has 16 rings (SSSR count). The Labute approximate surface area is 639 Å². The Hall–Kier alpha value is -13.6. The highest BCUT2D eigenvalue weighted by molar-refractivity contribution is 5.97. The third-order valence-electron chi connectivity index (χ3n) is 20.4. The number of nitrogens with zero attached hydrogens (tertiary/aromatic N) is 8. The molecule has 25 nitrogen and oxygen atoms in total. The second kappa shape index (κ2) is 31.9. The molecule has 12 aromatic rings. The van der Waals surface area contributed by atoms with Crippen LogP contribution in [-0.2, 0) is 19.2 Å². The lowest BCUT2D eigenvalue weighted by Gasteiger charge is -2.25. The number of phenolic OH excluding ortho intramolecular Hbond substituents is 3. The number of aryl methyl sites for hydroxylation is 3. The fraction of sp³-hybridized carbons (Fsp3) is 0.229. The van der Waals surface area contributed by atoms with Crippen molar-refractivity contribution in [1.82, 2.24) is 39.1 Å². The molecule has 0 aliphatic carbocycles. The van der Waals surface area contributed by atoms with Crippen LogP contribution < -0.4 is 49.7 Å². The highest BCUT2D eigenvalue weighted by Gasteiger charge is 2.37. The van der Waals surface area contributed by atoms with Crippen molar-refractivity contribution in [3.05, 3.63) is 254 Å². The zero-order valence-electron chi connectivity index (χ0n) is 62.7. The number of nitrogens with one attached hydrogen (secondary N) is 4. The van der Waals surface area contributed by atoms with Crippen molar-refractivity contribution in [2.45, 2.75) is 84.0 Å². The minimum absolute atomic E-state index is 0.00877. The van der Waals surface area contributed by atoms with Gasteiger partial charge in [0.15, 0.2) is 46.1 Å². The fourth-order valence-electron chi connectivity index (χ4n) is 14.3. The van der Waals surface area contributed by atoms with Gasteiger partial charge in [0, 0.05) is 83.7 Å². The van der Waals surface area contributed by atoms with E-state index in [2.05, 4.69) is 54.7 Å². The van der Waals surface area contributed by atoms with Crippen LogP contribution in [0.1, 0.15) is 122 Å². The van der Waals surface area contributed by atoms with Crippen molar-refractivity contribution >= 4 is 46.9 Å². The quantitative estimate of drug-likeness (QED) is 0.0498. The largest absolute Gasteiger partial charge is 0.504 e. The number of phenols is 3. The predicted molar refractivity (Wildman–Crippen MR) is 408 cm³/mol. The molecule has 4 aromatic heterocycles. The van der Waals surface area contributed by atoms with Crippen molar-refractivity contribution in [3.8, 4) is 74.5 Å². The highest BCUT2D eigenvalue weighted by atomic mass is 19.1. The maximum atomic E-state index is 14.3. The van der Waals surface area contributed by atoms with Gasteiger partial charge >= 0.3 is 0 Å². The van der Waals surface area contributed by atoms with E-state index in [1.165, 1.54) is 63.2 Å². The number of hydrogen-bond donors (Lipinski definition) is 7. The summed E-state index contributed by atoms with van der Waals surface area (Å²) in [5, 5.41) is 59.5. The molecular weight excluding hydrogens is 1450 g/mol. The van der Waals surface area contributed by atoms with Crippen LogP contribution in [0.4, 0.5) is 40.8 Å². The van der Waals surface area contributed by atoms with Gasteiger partial charge in [-0.3, -0.25) is 19.2 Å². The number of halogens is 4. The smallest absolute Gasteiger partial charge is 0.226 e. The molecule has 576 valence electrons. The van der Waals surface area contributed by atoms with Crippen LogP contribution in [0.5, 0.6) is 51.7 Å². The third kappa shape index (κ3) is 14.9. The van der Waals surface area contributed by atoms with Crippen LogP contribution in [0.25, 0.3) is 22.7 Å². The van der Waals surface area contributed by atoms with Gasteiger partial charge in [0.25, 0.3) is 0 Å². The number of hydrogen-bond acceptors (Lipinski definition) is 17. The number of fused-ring (bicyclic) bond motifs is 4. The predicted octanol–water partition coefficient (Wildman–Crippen LogP) is 14.7. The van der Waals surface area contributed by atoms with E-state index in [-0.39, 0.29) is 101 Å². The molecule has 0 spiro atoms. The van der Waals surface area contributed by atoms with Gasteiger partial charge in [-0.25, -0.2) is 36.3 Å². The number of ether oxygens (including phenoxy) is 6. The monoisotopic (exact) mass is 1530 g/mol. The zero-order valence-corrected chi connectivity index (χ0v) is 62.7. The number of rotatable bonds is 14. The van der Waals surface area contributed by atoms with Gasteiger partial charge in [-0.2, -0.15) is 20.4 Å². The summed E-state index contributed by atoms with van der Waals surface area (Å²) in [4.78, 5) is 49.7. The molecule has 0 saturated heterocycles. The Balaban J connectivity index is 0.000000131. The SMILES string of the molecule is COc1cc(C2CC(=O)Nc3c2cnn3-c2ccc(F)cc2F)cc(OC)c1O.COc1cc(C2CC(=O)Nc3c2cnn3-c2cccc(C)c2C)cc(OC)c1O.COc1ccc(C2CC(=O)Nc3c2cnn3-c2ccc(F)cc2F)cc1C.COc1ccc(C2CC(=O)Nc3c2cnn3-c2cccc(C)c2C)cc1O. The molecule has 8 heterocycles. The second-order valence-corrected chi connectivity index (χ2v) is 27.0. The minimum Gasteiger partial charge on any atom is -0.504 e. The van der Waals surface area contributed by atoms with E-state index in [9.17, 15) is 52.1 Å². The Morgan fingerprint density at radius 2 is 0.661 bits per heavy atom. The van der Waals surface area contributed by atoms with Crippen molar-refractivity contribution in [2.24, 2.45) is 0 Å². The first-order chi connectivity index (χ1) is 53.8. The molecule has 7 N–H and O–H groups in total. The van der Waals surface area contributed by atoms with E-state index in [1.54, 1.807) is 71.5 Å². The molecule has 4 atom stereocenters. The molecule has 4 amide bonds. The van der Waals surface area contributed by atoms with Crippen molar-refractivity contribution in [1.29, 1.82) is 0 Å². The van der Waals surface area contributed by atoms with Crippen LogP contribution in [-0.4, -0.2) is 121 Å². The third-order valence-corrected chi connectivity index (χ3v) is 20.4. The van der Waals surface area contributed by atoms with Crippen LogP contribution in [0.15, 0.2) is 158 Å². The zero-order chi connectivity index (χ0) is 79.7. The first kappa shape index (κ1) is 76.6. The number of carbonyl (C=O) groups is 4. The summed E-state index contributed by atoms with van der Waals surface area (Å²) < 4.78 is 92.4. The van der Waals surface area contributed by atoms with Gasteiger partial charge in [0.2, 0.25) is 35.1 Å². The van der Waals surface area contributed by atoms with Gasteiger partial charge < -0.3 is 65.0 Å². The van der Waals surface area contributed by atoms with E-state index >= 15 is 0 Å². The first-order valence-corrected chi connectivity index (χ1v) is 35.3. The Morgan fingerprint density at radius 3 is 0.973 bits per heavy atom. The number of anilines is 4. The van der Waals surface area contributed by atoms with E-state index in [0.717, 1.165) is 103 Å². The molecule has 4 aliphatic heterocycles. The summed E-state index contributed by atoms with van der Waals surface area (Å²) in [5.41, 5.74) is 14.0. The average Bonchev–Trinajstić information content (AvgIpc) is 1.59. The average molecular weight is 1530 g/mol. The molecule has 112 heavy (non-hydrogen) atoms. The summed E-state index contributed by atoms with van der Waals surface area (Å²) >= 11 is 0. The Kier molecular flexibility index (Phi) is 21.8. The lowest BCUT2D eigenvalue weighted by molar-refractivity contribution is -0.117. The number of methoxy groups -OCH3 is 6. The molecule has 4 aliphatic rings. The Morgan fingerprint density at radius 1 is 0.348 bits per heavy atom. The number of aromatic hydroxyl groups is 3. The molecule has 0 saturated carbocycles. The fourth-order valence-corrected chi connectivity index (χ4v) is 14.3. The lowest BCUT2D eigenvalue weighted by Crippen LogP contribution is -2.24. The second-order valence-electron chi connectivity index (χ2n) is 27.0. The molecule has 0 fully saturated rings. The highest BCUT2D eigenvalue weighted by Crippen LogP contribution is 2.48. The van der Waals surface area contributed by atoms with Gasteiger partial charge in [-0.15, -0.1) is 0 Å². The van der Waals surface area contributed by atoms with Crippen molar-refractivity contribution < 1.29 is 80.5 Å². The van der Waals surface area contributed by atoms with Gasteiger partial charge in [-0.1, -0.05) is 42.5 Å².